The lowest BCUT2D eigenvalue weighted by Crippen LogP contribution is -2.49. The summed E-state index contributed by atoms with van der Waals surface area (Å²) in [5, 5.41) is 1.02. The van der Waals surface area contributed by atoms with E-state index in [0.717, 1.165) is 43.4 Å². The number of sulfonamides is 1. The number of rotatable bonds is 6. The summed E-state index contributed by atoms with van der Waals surface area (Å²) in [4.78, 5) is 11.1. The summed E-state index contributed by atoms with van der Waals surface area (Å²) in [5.74, 6) is 0.398. The van der Waals surface area contributed by atoms with Crippen LogP contribution in [0.1, 0.15) is 50.7 Å². The molecular formula is C26H35IN4O2S2. The molecule has 2 aromatic rings. The van der Waals surface area contributed by atoms with Crippen molar-refractivity contribution in [1.82, 2.24) is 4.31 Å². The maximum absolute atomic E-state index is 12.7. The molecule has 0 radical (unpaired) electrons. The highest BCUT2D eigenvalue weighted by molar-refractivity contribution is 14.2. The molecule has 1 saturated carbocycles. The maximum atomic E-state index is 12.7. The van der Waals surface area contributed by atoms with Crippen LogP contribution in [0, 0.1) is 4.51 Å². The minimum absolute atomic E-state index is 0.123. The Kier molecular flexibility index (Phi) is 7.00. The third-order valence-electron chi connectivity index (χ3n) is 7.27. The van der Waals surface area contributed by atoms with E-state index in [1.165, 1.54) is 31.9 Å². The van der Waals surface area contributed by atoms with Gasteiger partial charge in [-0.15, -0.1) is 0 Å². The van der Waals surface area contributed by atoms with Gasteiger partial charge < -0.3 is 9.80 Å². The van der Waals surface area contributed by atoms with E-state index >= 15 is 0 Å². The van der Waals surface area contributed by atoms with Crippen LogP contribution in [0.25, 0.3) is 0 Å². The van der Waals surface area contributed by atoms with Crippen LogP contribution in [0.4, 0.5) is 17.1 Å². The fraction of sp³-hybridized carbons (Fsp3) is 0.538. The predicted octanol–water partition coefficient (Wildman–Crippen LogP) is 5.25. The predicted molar refractivity (Wildman–Crippen MR) is 156 cm³/mol. The second-order valence-corrected chi connectivity index (χ2v) is 16.5. The number of hydrogen-bond donors (Lipinski definition) is 0. The average Bonchev–Trinajstić information content (AvgIpc) is 3.69. The van der Waals surface area contributed by atoms with E-state index < -0.39 is 10.0 Å². The first kappa shape index (κ1) is 25.5. The van der Waals surface area contributed by atoms with E-state index in [1.807, 2.05) is 0 Å². The zero-order valence-electron chi connectivity index (χ0n) is 21.2. The highest BCUT2D eigenvalue weighted by Gasteiger charge is 2.41. The van der Waals surface area contributed by atoms with Crippen LogP contribution in [0.3, 0.4) is 0 Å². The molecule has 0 aromatic heterocycles. The minimum atomic E-state index is -3.10. The highest BCUT2D eigenvalue weighted by atomic mass is 127. The fourth-order valence-corrected chi connectivity index (χ4v) is 10.1. The van der Waals surface area contributed by atoms with Crippen molar-refractivity contribution >= 4 is 55.9 Å². The third kappa shape index (κ3) is 4.66. The quantitative estimate of drug-likeness (QED) is 0.325. The number of halogens is 1. The molecule has 2 aliphatic heterocycles. The van der Waals surface area contributed by atoms with Gasteiger partial charge in [0.15, 0.2) is 0 Å². The molecule has 0 N–H and O–H groups in total. The van der Waals surface area contributed by atoms with E-state index in [1.54, 1.807) is 4.31 Å². The van der Waals surface area contributed by atoms with Gasteiger partial charge in [0.05, 0.1) is 16.3 Å². The molecule has 35 heavy (non-hydrogen) atoms. The van der Waals surface area contributed by atoms with Crippen LogP contribution in [0.2, 0.25) is 0 Å². The Morgan fingerprint density at radius 1 is 1.11 bits per heavy atom. The first-order valence-corrected chi connectivity index (χ1v) is 17.8. The standard InChI is InChI=1S/C26H35IN4O2S2/c1-6-18-13-20(30-9-11-31(12-10-30)35(32,33)21-7-8-21)16-23-25(18)28-26-22(17(2)3)14-19(29(4)5)15-24(26)34(23)27/h13-17,21H,6-12H2,1-5H3. The summed E-state index contributed by atoms with van der Waals surface area (Å²) >= 11 is 2.61. The Balaban J connectivity index is 1.55. The van der Waals surface area contributed by atoms with Crippen LogP contribution < -0.4 is 15.2 Å². The first-order chi connectivity index (χ1) is 16.6. The van der Waals surface area contributed by atoms with Crippen LogP contribution in [-0.4, -0.2) is 58.2 Å². The molecule has 1 unspecified atom stereocenters. The number of benzene rings is 2. The lowest BCUT2D eigenvalue weighted by atomic mass is 10.0. The lowest BCUT2D eigenvalue weighted by Gasteiger charge is -2.36. The van der Waals surface area contributed by atoms with E-state index in [2.05, 4.69) is 90.1 Å². The van der Waals surface area contributed by atoms with Gasteiger partial charge >= 0.3 is 0 Å². The summed E-state index contributed by atoms with van der Waals surface area (Å²) in [6.45, 7) is 9.32. The van der Waals surface area contributed by atoms with Crippen molar-refractivity contribution in [3.05, 3.63) is 45.3 Å². The topological polar surface area (TPSA) is 56.2 Å². The van der Waals surface area contributed by atoms with Gasteiger partial charge in [0.1, 0.15) is 0 Å². The smallest absolute Gasteiger partial charge is 0.217 e. The fourth-order valence-electron chi connectivity index (χ4n) is 4.94. The molecule has 6 nitrogen and oxygen atoms in total. The molecule has 9 heteroatoms. The monoisotopic (exact) mass is 626 g/mol. The number of anilines is 2. The molecule has 1 atom stereocenters. The van der Waals surface area contributed by atoms with Gasteiger partial charge in [0, 0.05) is 61.1 Å². The summed E-state index contributed by atoms with van der Waals surface area (Å²) in [5.41, 5.74) is 6.14. The molecule has 0 bridgehead atoms. The van der Waals surface area contributed by atoms with Gasteiger partial charge in [-0.25, -0.2) is 13.4 Å². The van der Waals surface area contributed by atoms with Crippen molar-refractivity contribution < 1.29 is 8.42 Å². The third-order valence-corrected chi connectivity index (χ3v) is 13.9. The van der Waals surface area contributed by atoms with E-state index in [4.69, 9.17) is 4.99 Å². The maximum Gasteiger partial charge on any atom is 0.217 e. The largest absolute Gasteiger partial charge is 0.378 e. The summed E-state index contributed by atoms with van der Waals surface area (Å²) in [6.07, 6.45) is 2.57. The molecule has 2 aromatic carbocycles. The van der Waals surface area contributed by atoms with Crippen molar-refractivity contribution in [3.8, 4) is 0 Å². The van der Waals surface area contributed by atoms with Crippen molar-refractivity contribution in [2.45, 2.75) is 56.1 Å². The molecule has 3 aliphatic rings. The number of nitrogens with zero attached hydrogens (tertiary/aromatic N) is 4. The van der Waals surface area contributed by atoms with Gasteiger partial charge in [-0.2, -0.15) is 4.31 Å². The van der Waals surface area contributed by atoms with Crippen LogP contribution in [-0.2, 0) is 16.4 Å². The molecular weight excluding hydrogens is 591 g/mol. The molecule has 1 saturated heterocycles. The number of hydrogen-bond acceptors (Lipinski definition) is 5. The van der Waals surface area contributed by atoms with Gasteiger partial charge in [0.25, 0.3) is 0 Å². The van der Waals surface area contributed by atoms with Crippen molar-refractivity contribution in [1.29, 1.82) is 0 Å². The van der Waals surface area contributed by atoms with Gasteiger partial charge in [-0.3, -0.25) is 0 Å². The normalized spacial score (nSPS) is 20.4. The van der Waals surface area contributed by atoms with Gasteiger partial charge in [0.2, 0.25) is 10.0 Å². The molecule has 5 rings (SSSR count). The molecule has 0 spiro atoms. The van der Waals surface area contributed by atoms with Crippen molar-refractivity contribution in [3.63, 3.8) is 0 Å². The summed E-state index contributed by atoms with van der Waals surface area (Å²) in [6, 6.07) is 9.21. The van der Waals surface area contributed by atoms with Gasteiger partial charge in [-0.1, -0.05) is 28.4 Å². The van der Waals surface area contributed by atoms with E-state index in [-0.39, 0.29) is 12.9 Å². The lowest BCUT2D eigenvalue weighted by molar-refractivity contribution is 0.384. The second-order valence-electron chi connectivity index (χ2n) is 10.2. The molecule has 190 valence electrons. The summed E-state index contributed by atoms with van der Waals surface area (Å²) < 4.78 is 28.4. The van der Waals surface area contributed by atoms with Crippen LogP contribution in [0.15, 0.2) is 34.2 Å². The average molecular weight is 627 g/mol. The summed E-state index contributed by atoms with van der Waals surface area (Å²) in [7, 11) is 0.976. The van der Waals surface area contributed by atoms with Crippen molar-refractivity contribution in [2.24, 2.45) is 4.99 Å². The zero-order chi connectivity index (χ0) is 25.1. The Morgan fingerprint density at radius 3 is 2.37 bits per heavy atom. The highest BCUT2D eigenvalue weighted by Crippen LogP contribution is 2.48. The Bertz CT molecular complexity index is 1390. The number of fused-ring (bicyclic) bond motifs is 2. The first-order valence-electron chi connectivity index (χ1n) is 12.5. The number of piperazine rings is 1. The molecule has 2 heterocycles. The molecule has 1 aliphatic carbocycles. The Morgan fingerprint density at radius 2 is 1.80 bits per heavy atom. The minimum Gasteiger partial charge on any atom is -0.378 e. The van der Waals surface area contributed by atoms with Gasteiger partial charge in [-0.05, 0) is 81.8 Å². The van der Waals surface area contributed by atoms with Crippen LogP contribution in [0.5, 0.6) is 0 Å². The SMILES string of the molecule is CCc1cc(N2CCN(S(=O)(=O)C3CC3)CC2)cc2c1N=c1c(C(C)C)cc(N(C)C)cc1=S2I. The van der Waals surface area contributed by atoms with E-state index in [9.17, 15) is 8.42 Å². The Labute approximate surface area is 224 Å². The number of aryl methyl sites for hydroxylation is 1. The van der Waals surface area contributed by atoms with Crippen LogP contribution >= 0.6 is 28.9 Å². The zero-order valence-corrected chi connectivity index (χ0v) is 25.0. The molecule has 0 amide bonds. The van der Waals surface area contributed by atoms with E-state index in [0.29, 0.717) is 19.0 Å². The second kappa shape index (κ2) is 9.61. The van der Waals surface area contributed by atoms with Crippen molar-refractivity contribution in [2.75, 3.05) is 50.1 Å². The molecule has 2 fully saturated rings. The Hall–Kier alpha value is -1.17.